The molecule has 3 rings (SSSR count). The zero-order chi connectivity index (χ0) is 24.1. The van der Waals surface area contributed by atoms with Crippen molar-refractivity contribution in [3.63, 3.8) is 0 Å². The average Bonchev–Trinajstić information content (AvgIpc) is 2.77. The Balaban J connectivity index is 2.00. The van der Waals surface area contributed by atoms with Crippen LogP contribution in [0.1, 0.15) is 18.1 Å². The molecule has 3 aromatic rings. The fraction of sp³-hybridized carbons (Fsp3) is 0.136. The largest absolute Gasteiger partial charge is 0.490 e. The molecule has 0 fully saturated rings. The highest BCUT2D eigenvalue weighted by Crippen LogP contribution is 2.43. The molecule has 3 aromatic carbocycles. The number of nitro groups is 2. The molecule has 9 nitrogen and oxygen atoms in total. The van der Waals surface area contributed by atoms with Crippen LogP contribution in [0.2, 0.25) is 5.02 Å². The van der Waals surface area contributed by atoms with E-state index >= 15 is 0 Å². The number of ether oxygens (including phenoxy) is 2. The van der Waals surface area contributed by atoms with Gasteiger partial charge in [-0.05, 0) is 71.2 Å². The van der Waals surface area contributed by atoms with Crippen molar-refractivity contribution in [2.75, 3.05) is 6.61 Å². The van der Waals surface area contributed by atoms with Gasteiger partial charge in [-0.1, -0.05) is 17.7 Å². The second-order valence-corrected chi connectivity index (χ2v) is 7.94. The number of benzene rings is 3. The van der Waals surface area contributed by atoms with Crippen molar-refractivity contribution in [2.45, 2.75) is 13.8 Å². The third-order valence-corrected chi connectivity index (χ3v) is 5.48. The van der Waals surface area contributed by atoms with Crippen LogP contribution in [0.25, 0.3) is 0 Å². The summed E-state index contributed by atoms with van der Waals surface area (Å²) in [6.45, 7) is 3.95. The molecule has 0 saturated heterocycles. The van der Waals surface area contributed by atoms with E-state index < -0.39 is 21.2 Å². The molecule has 0 bridgehead atoms. The molecule has 0 aliphatic heterocycles. The second kappa shape index (κ2) is 10.4. The lowest BCUT2D eigenvalue weighted by Gasteiger charge is -2.14. The predicted octanol–water partition coefficient (Wildman–Crippen LogP) is 7.17. The van der Waals surface area contributed by atoms with E-state index in [-0.39, 0.29) is 11.5 Å². The van der Waals surface area contributed by atoms with Crippen molar-refractivity contribution < 1.29 is 19.3 Å². The maximum atomic E-state index is 11.4. The van der Waals surface area contributed by atoms with Crippen LogP contribution in [0.4, 0.5) is 17.1 Å². The summed E-state index contributed by atoms with van der Waals surface area (Å²) in [5.74, 6) is 0.330. The van der Waals surface area contributed by atoms with Crippen molar-refractivity contribution in [1.29, 1.82) is 0 Å². The maximum absolute atomic E-state index is 11.4. The van der Waals surface area contributed by atoms with Gasteiger partial charge in [0.05, 0.1) is 32.7 Å². The van der Waals surface area contributed by atoms with E-state index in [0.29, 0.717) is 33.1 Å². The fourth-order valence-corrected chi connectivity index (χ4v) is 3.57. The molecule has 0 spiro atoms. The van der Waals surface area contributed by atoms with Gasteiger partial charge < -0.3 is 9.47 Å². The molecular weight excluding hydrogens is 518 g/mol. The monoisotopic (exact) mass is 533 g/mol. The SMILES string of the molecule is CCOc1cc(C=Nc2cccc(Cl)c2C)cc(Br)c1Oc1ccc([N+](=O)[O-])cc1[N+](=O)[O-]. The summed E-state index contributed by atoms with van der Waals surface area (Å²) in [5.41, 5.74) is 1.26. The third-order valence-electron chi connectivity index (χ3n) is 4.49. The number of nitrogens with zero attached hydrogens (tertiary/aromatic N) is 3. The highest BCUT2D eigenvalue weighted by atomic mass is 79.9. The first kappa shape index (κ1) is 24.1. The Morgan fingerprint density at radius 3 is 2.52 bits per heavy atom. The maximum Gasteiger partial charge on any atom is 0.318 e. The van der Waals surface area contributed by atoms with Crippen LogP contribution < -0.4 is 9.47 Å². The molecule has 0 radical (unpaired) electrons. The summed E-state index contributed by atoms with van der Waals surface area (Å²) in [4.78, 5) is 25.4. The van der Waals surface area contributed by atoms with Gasteiger partial charge in [-0.15, -0.1) is 0 Å². The molecule has 170 valence electrons. The molecule has 0 aliphatic rings. The molecule has 0 unspecified atom stereocenters. The molecule has 0 aliphatic carbocycles. The van der Waals surface area contributed by atoms with E-state index in [1.807, 2.05) is 13.0 Å². The molecule has 0 atom stereocenters. The van der Waals surface area contributed by atoms with Crippen molar-refractivity contribution >= 4 is 50.8 Å². The number of hydrogen-bond acceptors (Lipinski definition) is 7. The summed E-state index contributed by atoms with van der Waals surface area (Å²) < 4.78 is 11.9. The number of halogens is 2. The Morgan fingerprint density at radius 2 is 1.85 bits per heavy atom. The van der Waals surface area contributed by atoms with Crippen LogP contribution in [-0.4, -0.2) is 22.7 Å². The smallest absolute Gasteiger partial charge is 0.318 e. The summed E-state index contributed by atoms with van der Waals surface area (Å²) in [7, 11) is 0. The molecule has 0 saturated carbocycles. The Hall–Kier alpha value is -3.50. The van der Waals surface area contributed by atoms with E-state index in [9.17, 15) is 20.2 Å². The number of rotatable bonds is 8. The van der Waals surface area contributed by atoms with Gasteiger partial charge >= 0.3 is 5.69 Å². The van der Waals surface area contributed by atoms with Gasteiger partial charge in [0.15, 0.2) is 11.5 Å². The number of hydrogen-bond donors (Lipinski definition) is 0. The molecule has 11 heteroatoms. The molecule has 0 amide bonds. The standard InChI is InChI=1S/C22H17BrClN3O6/c1-3-32-21-10-14(12-25-18-6-4-5-17(24)13(18)2)9-16(23)22(21)33-20-8-7-15(26(28)29)11-19(20)27(30)31/h4-12H,3H2,1-2H3. The van der Waals surface area contributed by atoms with Gasteiger partial charge in [0.1, 0.15) is 0 Å². The first-order valence-corrected chi connectivity index (χ1v) is 10.7. The van der Waals surface area contributed by atoms with Crippen LogP contribution in [0.15, 0.2) is 58.0 Å². The molecule has 33 heavy (non-hydrogen) atoms. The fourth-order valence-electron chi connectivity index (χ4n) is 2.86. The summed E-state index contributed by atoms with van der Waals surface area (Å²) >= 11 is 9.56. The topological polar surface area (TPSA) is 117 Å². The highest BCUT2D eigenvalue weighted by molar-refractivity contribution is 9.10. The molecular formula is C22H17BrClN3O6. The number of nitro benzene ring substituents is 2. The van der Waals surface area contributed by atoms with Crippen LogP contribution in [-0.2, 0) is 0 Å². The lowest BCUT2D eigenvalue weighted by atomic mass is 10.2. The van der Waals surface area contributed by atoms with Crippen LogP contribution in [0.5, 0.6) is 17.2 Å². The van der Waals surface area contributed by atoms with Gasteiger partial charge in [-0.25, -0.2) is 0 Å². The zero-order valence-corrected chi connectivity index (χ0v) is 19.8. The Bertz CT molecular complexity index is 1270. The summed E-state index contributed by atoms with van der Waals surface area (Å²) in [6, 6.07) is 11.9. The predicted molar refractivity (Wildman–Crippen MR) is 129 cm³/mol. The molecule has 0 heterocycles. The minimum atomic E-state index is -0.745. The lowest BCUT2D eigenvalue weighted by Crippen LogP contribution is -2.00. The van der Waals surface area contributed by atoms with E-state index in [4.69, 9.17) is 21.1 Å². The van der Waals surface area contributed by atoms with Crippen molar-refractivity contribution in [3.05, 3.63) is 89.4 Å². The van der Waals surface area contributed by atoms with Gasteiger partial charge in [-0.2, -0.15) is 0 Å². The number of aliphatic imine (C=N–C) groups is 1. The van der Waals surface area contributed by atoms with Gasteiger partial charge in [0.2, 0.25) is 5.75 Å². The summed E-state index contributed by atoms with van der Waals surface area (Å²) in [6.07, 6.45) is 1.63. The lowest BCUT2D eigenvalue weighted by molar-refractivity contribution is -0.394. The van der Waals surface area contributed by atoms with Crippen molar-refractivity contribution in [2.24, 2.45) is 4.99 Å². The first-order chi connectivity index (χ1) is 15.7. The van der Waals surface area contributed by atoms with Crippen LogP contribution in [0, 0.1) is 27.2 Å². The third kappa shape index (κ3) is 5.65. The zero-order valence-electron chi connectivity index (χ0n) is 17.5. The van der Waals surface area contributed by atoms with Crippen LogP contribution >= 0.6 is 27.5 Å². The Labute approximate surface area is 202 Å². The molecule has 0 aromatic heterocycles. The minimum absolute atomic E-state index is 0.164. The van der Waals surface area contributed by atoms with Crippen molar-refractivity contribution in [1.82, 2.24) is 0 Å². The molecule has 0 N–H and O–H groups in total. The van der Waals surface area contributed by atoms with Gasteiger partial charge in [-0.3, -0.25) is 25.2 Å². The van der Waals surface area contributed by atoms with E-state index in [1.165, 1.54) is 6.07 Å². The normalized spacial score (nSPS) is 10.9. The van der Waals surface area contributed by atoms with Crippen LogP contribution in [0.3, 0.4) is 0 Å². The van der Waals surface area contributed by atoms with E-state index in [2.05, 4.69) is 20.9 Å². The Kier molecular flexibility index (Phi) is 7.62. The second-order valence-electron chi connectivity index (χ2n) is 6.67. The quantitative estimate of drug-likeness (QED) is 0.172. The van der Waals surface area contributed by atoms with Crippen molar-refractivity contribution in [3.8, 4) is 17.2 Å². The summed E-state index contributed by atoms with van der Waals surface area (Å²) in [5, 5.41) is 23.0. The number of non-ortho nitro benzene ring substituents is 1. The average molecular weight is 535 g/mol. The first-order valence-electron chi connectivity index (χ1n) is 9.57. The minimum Gasteiger partial charge on any atom is -0.490 e. The highest BCUT2D eigenvalue weighted by Gasteiger charge is 2.23. The van der Waals surface area contributed by atoms with E-state index in [1.54, 1.807) is 37.4 Å². The van der Waals surface area contributed by atoms with Gasteiger partial charge in [0, 0.05) is 17.3 Å². The van der Waals surface area contributed by atoms with Gasteiger partial charge in [0.25, 0.3) is 5.69 Å². The Morgan fingerprint density at radius 1 is 1.09 bits per heavy atom. The van der Waals surface area contributed by atoms with E-state index in [0.717, 1.165) is 17.7 Å².